The molecule has 0 radical (unpaired) electrons. The summed E-state index contributed by atoms with van der Waals surface area (Å²) in [5, 5.41) is 0.695. The highest BCUT2D eigenvalue weighted by atomic mass is 79.9. The van der Waals surface area contributed by atoms with Gasteiger partial charge >= 0.3 is 6.09 Å². The fourth-order valence-electron chi connectivity index (χ4n) is 5.05. The summed E-state index contributed by atoms with van der Waals surface area (Å²) in [7, 11) is 0. The lowest BCUT2D eigenvalue weighted by molar-refractivity contribution is 0.00586. The van der Waals surface area contributed by atoms with Crippen LogP contribution in [0.1, 0.15) is 47.5 Å². The first-order chi connectivity index (χ1) is 16.5. The second-order valence-electron chi connectivity index (χ2n) is 9.92. The third-order valence-electron chi connectivity index (χ3n) is 6.43. The van der Waals surface area contributed by atoms with Crippen LogP contribution in [0.25, 0.3) is 10.9 Å². The Bertz CT molecular complexity index is 1160. The molecular formula is C24H30BrClFN5O2S. The van der Waals surface area contributed by atoms with Crippen molar-refractivity contribution in [2.75, 3.05) is 17.2 Å². The molecule has 0 saturated carbocycles. The van der Waals surface area contributed by atoms with E-state index in [1.165, 1.54) is 11.8 Å². The van der Waals surface area contributed by atoms with Gasteiger partial charge in [0.05, 0.1) is 23.5 Å². The molecule has 0 N–H and O–H groups in total. The molecule has 0 unspecified atom stereocenters. The van der Waals surface area contributed by atoms with Gasteiger partial charge in [0.1, 0.15) is 21.5 Å². The van der Waals surface area contributed by atoms with Gasteiger partial charge in [-0.25, -0.2) is 24.1 Å². The van der Waals surface area contributed by atoms with Crippen LogP contribution in [-0.2, 0) is 4.74 Å². The number of pyridine rings is 1. The lowest BCUT2D eigenvalue weighted by Crippen LogP contribution is -2.63. The fourth-order valence-corrected chi connectivity index (χ4v) is 6.44. The van der Waals surface area contributed by atoms with Crippen LogP contribution in [0.5, 0.6) is 0 Å². The number of nitrogens with zero attached hydrogens (tertiary/aromatic N) is 5. The number of halogens is 3. The number of thioether (sulfide) groups is 1. The van der Waals surface area contributed by atoms with Gasteiger partial charge in [-0.2, -0.15) is 0 Å². The monoisotopic (exact) mass is 585 g/mol. The minimum absolute atomic E-state index is 0.0140. The van der Waals surface area contributed by atoms with Crippen molar-refractivity contribution in [3.63, 3.8) is 0 Å². The normalized spacial score (nSPS) is 23.0. The predicted octanol–water partition coefficient (Wildman–Crippen LogP) is 6.47. The van der Waals surface area contributed by atoms with Gasteiger partial charge in [0.2, 0.25) is 0 Å². The van der Waals surface area contributed by atoms with Gasteiger partial charge in [0.15, 0.2) is 16.1 Å². The number of amides is 1. The van der Waals surface area contributed by atoms with Crippen LogP contribution in [0.3, 0.4) is 0 Å². The Hall–Kier alpha value is -1.65. The second-order valence-corrected chi connectivity index (χ2v) is 12.3. The van der Waals surface area contributed by atoms with Crippen molar-refractivity contribution in [2.24, 2.45) is 5.92 Å². The van der Waals surface area contributed by atoms with Gasteiger partial charge in [-0.3, -0.25) is 4.90 Å². The van der Waals surface area contributed by atoms with E-state index in [4.69, 9.17) is 21.3 Å². The van der Waals surface area contributed by atoms with Crippen molar-refractivity contribution in [1.29, 1.82) is 0 Å². The minimum atomic E-state index is -0.671. The first-order valence-corrected chi connectivity index (χ1v) is 13.9. The first kappa shape index (κ1) is 26.4. The number of carbonyl (C=O) groups excluding carboxylic acids is 1. The maximum atomic E-state index is 15.1. The Kier molecular flexibility index (Phi) is 7.56. The van der Waals surface area contributed by atoms with Crippen LogP contribution in [0.2, 0.25) is 5.15 Å². The molecule has 4 rings (SSSR count). The Morgan fingerprint density at radius 3 is 2.71 bits per heavy atom. The van der Waals surface area contributed by atoms with E-state index in [9.17, 15) is 4.79 Å². The predicted molar refractivity (Wildman–Crippen MR) is 142 cm³/mol. The van der Waals surface area contributed by atoms with Crippen LogP contribution in [-0.4, -0.2) is 62.0 Å². The first-order valence-electron chi connectivity index (χ1n) is 11.7. The number of rotatable bonds is 5. The molecule has 190 valence electrons. The molecule has 0 spiro atoms. The molecule has 4 atom stereocenters. The highest BCUT2D eigenvalue weighted by molar-refractivity contribution is 9.10. The molecule has 2 bridgehead atoms. The van der Waals surface area contributed by atoms with Crippen molar-refractivity contribution >= 4 is 62.1 Å². The Morgan fingerprint density at radius 1 is 1.37 bits per heavy atom. The zero-order valence-electron chi connectivity index (χ0n) is 20.5. The number of hydrogen-bond acceptors (Lipinski definition) is 7. The number of ether oxygens (including phenoxy) is 1. The fraction of sp³-hybridized carbons (Fsp3) is 0.583. The molecule has 2 aromatic heterocycles. The summed E-state index contributed by atoms with van der Waals surface area (Å²) in [5.41, 5.74) is -0.458. The number of aromatic nitrogens is 3. The van der Waals surface area contributed by atoms with Crippen LogP contribution < -0.4 is 4.90 Å². The zero-order chi connectivity index (χ0) is 25.7. The standard InChI is InChI=1S/C24H30BrClFN5O2S/c1-7-12(3)18-14-10-9-13(32(14)23(33)34-24(4,5)6)11-31(18)21-15-17(28-22(30-21)35-8-2)16(27)20(26)29-19(15)25/h7,12-14,18H,1,8-11H2,2-6H3/t12-,13-,14+,18+/m1/s1. The summed E-state index contributed by atoms with van der Waals surface area (Å²) in [4.78, 5) is 30.8. The minimum Gasteiger partial charge on any atom is -0.444 e. The van der Waals surface area contributed by atoms with Gasteiger partial charge in [-0.15, -0.1) is 6.58 Å². The molecule has 35 heavy (non-hydrogen) atoms. The molecule has 0 aliphatic carbocycles. The average Bonchev–Trinajstić information content (AvgIpc) is 3.09. The molecule has 1 amide bonds. The van der Waals surface area contributed by atoms with Gasteiger partial charge in [0.25, 0.3) is 0 Å². The van der Waals surface area contributed by atoms with Crippen LogP contribution >= 0.6 is 39.3 Å². The third kappa shape index (κ3) is 4.98. The molecule has 7 nitrogen and oxygen atoms in total. The zero-order valence-corrected chi connectivity index (χ0v) is 23.7. The molecule has 11 heteroatoms. The summed E-state index contributed by atoms with van der Waals surface area (Å²) in [6.45, 7) is 14.2. The molecule has 2 aromatic rings. The highest BCUT2D eigenvalue weighted by Crippen LogP contribution is 2.43. The van der Waals surface area contributed by atoms with Crippen molar-refractivity contribution < 1.29 is 13.9 Å². The number of hydrogen-bond donors (Lipinski definition) is 0. The van der Waals surface area contributed by atoms with Crippen molar-refractivity contribution in [2.45, 2.75) is 76.3 Å². The summed E-state index contributed by atoms with van der Waals surface area (Å²) >= 11 is 11.0. The maximum absolute atomic E-state index is 15.1. The Labute approximate surface area is 223 Å². The Morgan fingerprint density at radius 2 is 2.09 bits per heavy atom. The van der Waals surface area contributed by atoms with E-state index in [0.717, 1.165) is 18.6 Å². The third-order valence-corrected chi connectivity index (χ3v) is 7.98. The van der Waals surface area contributed by atoms with E-state index < -0.39 is 11.4 Å². The van der Waals surface area contributed by atoms with E-state index >= 15 is 4.39 Å². The lowest BCUT2D eigenvalue weighted by atomic mass is 9.90. The van der Waals surface area contributed by atoms with E-state index in [0.29, 0.717) is 27.5 Å². The van der Waals surface area contributed by atoms with Gasteiger partial charge in [0, 0.05) is 6.54 Å². The van der Waals surface area contributed by atoms with Crippen molar-refractivity contribution in [3.8, 4) is 0 Å². The molecule has 4 heterocycles. The van der Waals surface area contributed by atoms with Crippen LogP contribution in [0.4, 0.5) is 15.0 Å². The number of piperazine rings is 1. The lowest BCUT2D eigenvalue weighted by Gasteiger charge is -2.49. The van der Waals surface area contributed by atoms with Crippen molar-refractivity contribution in [3.05, 3.63) is 28.2 Å². The van der Waals surface area contributed by atoms with E-state index in [1.807, 2.05) is 38.7 Å². The van der Waals surface area contributed by atoms with Gasteiger partial charge in [-0.05, 0) is 61.2 Å². The Balaban J connectivity index is 1.87. The van der Waals surface area contributed by atoms with Crippen LogP contribution in [0, 0.1) is 11.7 Å². The molecule has 2 fully saturated rings. The molecule has 2 aliphatic heterocycles. The molecular weight excluding hydrogens is 557 g/mol. The molecule has 0 aromatic carbocycles. The van der Waals surface area contributed by atoms with Gasteiger partial charge < -0.3 is 9.64 Å². The van der Waals surface area contributed by atoms with Crippen LogP contribution in [0.15, 0.2) is 22.4 Å². The smallest absolute Gasteiger partial charge is 0.410 e. The summed E-state index contributed by atoms with van der Waals surface area (Å²) in [6, 6.07) is -0.297. The largest absolute Gasteiger partial charge is 0.444 e. The van der Waals surface area contributed by atoms with E-state index in [-0.39, 0.29) is 40.8 Å². The highest BCUT2D eigenvalue weighted by Gasteiger charge is 2.51. The summed E-state index contributed by atoms with van der Waals surface area (Å²) in [6.07, 6.45) is 3.27. The SMILES string of the molecule is C=C[C@@H](C)[C@H]1[C@@H]2CC[C@H](CN1c1nc(SCC)nc3c(F)c(Cl)nc(Br)c13)N2C(=O)OC(C)(C)C. The quantitative estimate of drug-likeness (QED) is 0.172. The number of fused-ring (bicyclic) bond motifs is 3. The van der Waals surface area contributed by atoms with Crippen molar-refractivity contribution in [1.82, 2.24) is 19.9 Å². The van der Waals surface area contributed by atoms with E-state index in [2.05, 4.69) is 44.3 Å². The average molecular weight is 587 g/mol. The summed E-state index contributed by atoms with van der Waals surface area (Å²) in [5.74, 6) is 0.659. The number of carbonyl (C=O) groups is 1. The topological polar surface area (TPSA) is 71.5 Å². The van der Waals surface area contributed by atoms with Gasteiger partial charge in [-0.1, -0.05) is 43.3 Å². The molecule has 2 aliphatic rings. The summed E-state index contributed by atoms with van der Waals surface area (Å²) < 4.78 is 21.3. The van der Waals surface area contributed by atoms with E-state index in [1.54, 1.807) is 0 Å². The molecule has 2 saturated heterocycles. The number of anilines is 1. The maximum Gasteiger partial charge on any atom is 0.410 e. The second kappa shape index (κ2) is 10.0.